The van der Waals surface area contributed by atoms with Gasteiger partial charge in [-0.3, -0.25) is 0 Å². The van der Waals surface area contributed by atoms with Gasteiger partial charge in [-0.05, 0) is 38.7 Å². The van der Waals surface area contributed by atoms with E-state index in [0.717, 1.165) is 44.6 Å². The van der Waals surface area contributed by atoms with Crippen molar-refractivity contribution in [2.24, 2.45) is 0 Å². The molecule has 3 rings (SSSR count). The van der Waals surface area contributed by atoms with E-state index in [4.69, 9.17) is 23.7 Å². The third-order valence-electron chi connectivity index (χ3n) is 7.55. The van der Waals surface area contributed by atoms with Gasteiger partial charge in [0.25, 0.3) is 11.2 Å². The number of carbonyl (C=O) groups is 3. The van der Waals surface area contributed by atoms with Crippen molar-refractivity contribution in [1.29, 1.82) is 0 Å². The van der Waals surface area contributed by atoms with Gasteiger partial charge in [0.05, 0.1) is 6.10 Å². The van der Waals surface area contributed by atoms with Crippen LogP contribution in [0.2, 0.25) is 0 Å². The Bertz CT molecular complexity index is 1350. The van der Waals surface area contributed by atoms with Crippen LogP contribution in [0.5, 0.6) is 0 Å². The molecule has 5 atom stereocenters. The Morgan fingerprint density at radius 3 is 1.61 bits per heavy atom. The van der Waals surface area contributed by atoms with E-state index in [0.29, 0.717) is 12.8 Å². The van der Waals surface area contributed by atoms with Gasteiger partial charge in [-0.25, -0.2) is 14.4 Å². The van der Waals surface area contributed by atoms with E-state index in [-0.39, 0.29) is 19.3 Å². The maximum absolute atomic E-state index is 14.3. The highest BCUT2D eigenvalue weighted by molar-refractivity contribution is 5.85. The van der Waals surface area contributed by atoms with Crippen LogP contribution in [0.25, 0.3) is 0 Å². The molecule has 0 spiro atoms. The van der Waals surface area contributed by atoms with Crippen molar-refractivity contribution in [3.63, 3.8) is 0 Å². The molecule has 0 saturated carbocycles. The maximum atomic E-state index is 14.3. The standard InChI is InChI=1S/C32H34F6O8/c1-21(44-27(40)29(42-2,31(33,34)35)22-14-8-5-9-15-22)13-7-4-12-18-24(25-19-20-26(39)45-25)46-28(41)30(43-3,32(36,37)38)23-16-10-6-11-17-23/h5-6,8-11,14-17,19-21,24-25H,4,7,12-13,18H2,1-3H3/t21-,24-,25-,29+,30+/m0/s1. The number of hydrogen-bond donors (Lipinski definition) is 0. The average Bonchev–Trinajstić information content (AvgIpc) is 3.43. The molecule has 2 aromatic rings. The number of esters is 3. The second-order valence-corrected chi connectivity index (χ2v) is 10.6. The van der Waals surface area contributed by atoms with Crippen LogP contribution in [0, 0.1) is 0 Å². The fourth-order valence-corrected chi connectivity index (χ4v) is 5.15. The van der Waals surface area contributed by atoms with E-state index in [1.807, 2.05) is 0 Å². The summed E-state index contributed by atoms with van der Waals surface area (Å²) in [6.45, 7) is 1.41. The highest BCUT2D eigenvalue weighted by Crippen LogP contribution is 2.44. The third-order valence-corrected chi connectivity index (χ3v) is 7.55. The molecule has 46 heavy (non-hydrogen) atoms. The molecule has 1 heterocycles. The van der Waals surface area contributed by atoms with Crippen molar-refractivity contribution in [2.45, 2.75) is 80.9 Å². The lowest BCUT2D eigenvalue weighted by atomic mass is 9.92. The summed E-state index contributed by atoms with van der Waals surface area (Å²) in [4.78, 5) is 37.7. The predicted octanol–water partition coefficient (Wildman–Crippen LogP) is 6.47. The van der Waals surface area contributed by atoms with Crippen molar-refractivity contribution in [1.82, 2.24) is 0 Å². The SMILES string of the molecule is CO[C@@](C(=O)O[C@@H](CCCCC[C@H](C)OC(=O)[C@](OC)(c1ccccc1)C(F)(F)F)[C@@H]1C=CC(=O)O1)(c1ccccc1)C(F)(F)F. The first-order valence-electron chi connectivity index (χ1n) is 14.3. The second-order valence-electron chi connectivity index (χ2n) is 10.6. The zero-order chi connectivity index (χ0) is 34.2. The van der Waals surface area contributed by atoms with Gasteiger partial charge in [-0.15, -0.1) is 0 Å². The molecule has 0 fully saturated rings. The Morgan fingerprint density at radius 1 is 0.739 bits per heavy atom. The highest BCUT2D eigenvalue weighted by Gasteiger charge is 2.65. The van der Waals surface area contributed by atoms with Crippen LogP contribution in [0.15, 0.2) is 72.8 Å². The summed E-state index contributed by atoms with van der Waals surface area (Å²) in [6.07, 6.45) is -10.4. The molecule has 1 aliphatic rings. The molecule has 0 aliphatic carbocycles. The molecule has 1 aliphatic heterocycles. The first-order chi connectivity index (χ1) is 21.6. The van der Waals surface area contributed by atoms with Gasteiger partial charge >= 0.3 is 30.3 Å². The number of methoxy groups -OCH3 is 2. The Hall–Kier alpha value is -3.91. The molecular formula is C32H34F6O8. The van der Waals surface area contributed by atoms with Gasteiger partial charge in [0, 0.05) is 31.4 Å². The molecule has 2 aromatic carbocycles. The fraction of sp³-hybridized carbons (Fsp3) is 0.469. The van der Waals surface area contributed by atoms with Crippen molar-refractivity contribution in [2.75, 3.05) is 14.2 Å². The quantitative estimate of drug-likeness (QED) is 0.0929. The van der Waals surface area contributed by atoms with Gasteiger partial charge in [0.1, 0.15) is 6.10 Å². The number of halogens is 6. The van der Waals surface area contributed by atoms with Gasteiger partial charge < -0.3 is 23.7 Å². The second kappa shape index (κ2) is 15.1. The minimum Gasteiger partial charge on any atom is -0.460 e. The zero-order valence-electron chi connectivity index (χ0n) is 25.2. The Kier molecular flexibility index (Phi) is 12.0. The minimum absolute atomic E-state index is 0.0382. The molecule has 14 heteroatoms. The fourth-order valence-electron chi connectivity index (χ4n) is 5.15. The predicted molar refractivity (Wildman–Crippen MR) is 150 cm³/mol. The third kappa shape index (κ3) is 7.72. The van der Waals surface area contributed by atoms with E-state index in [1.54, 1.807) is 0 Å². The van der Waals surface area contributed by atoms with E-state index in [2.05, 4.69) is 0 Å². The number of ether oxygens (including phenoxy) is 5. The first-order valence-corrected chi connectivity index (χ1v) is 14.3. The van der Waals surface area contributed by atoms with Crippen molar-refractivity contribution in [3.05, 3.63) is 83.9 Å². The molecule has 0 amide bonds. The molecule has 0 radical (unpaired) electrons. The Morgan fingerprint density at radius 2 is 1.20 bits per heavy atom. The molecule has 252 valence electrons. The summed E-state index contributed by atoms with van der Waals surface area (Å²) < 4.78 is 110. The number of carbonyl (C=O) groups excluding carboxylic acids is 3. The Labute approximate surface area is 261 Å². The van der Waals surface area contributed by atoms with Crippen LogP contribution >= 0.6 is 0 Å². The summed E-state index contributed by atoms with van der Waals surface area (Å²) in [7, 11) is 1.49. The maximum Gasteiger partial charge on any atom is 0.432 e. The lowest BCUT2D eigenvalue weighted by molar-refractivity contribution is -0.279. The summed E-state index contributed by atoms with van der Waals surface area (Å²) in [5.74, 6) is -4.15. The van der Waals surface area contributed by atoms with E-state index < -0.39 is 70.9 Å². The van der Waals surface area contributed by atoms with Crippen LogP contribution < -0.4 is 0 Å². The lowest BCUT2D eigenvalue weighted by Gasteiger charge is -2.34. The number of alkyl halides is 6. The molecule has 0 N–H and O–H groups in total. The summed E-state index contributed by atoms with van der Waals surface area (Å²) in [5.41, 5.74) is -7.74. The van der Waals surface area contributed by atoms with Crippen LogP contribution in [0.3, 0.4) is 0 Å². The molecular weight excluding hydrogens is 626 g/mol. The minimum atomic E-state index is -5.21. The summed E-state index contributed by atoms with van der Waals surface area (Å²) in [6, 6.07) is 12.6. The lowest BCUT2D eigenvalue weighted by Crippen LogP contribution is -2.53. The highest BCUT2D eigenvalue weighted by atomic mass is 19.4. The number of rotatable bonds is 15. The van der Waals surface area contributed by atoms with E-state index in [9.17, 15) is 40.7 Å². The Balaban J connectivity index is 1.65. The average molecular weight is 661 g/mol. The van der Waals surface area contributed by atoms with Crippen LogP contribution in [-0.2, 0) is 49.3 Å². The first kappa shape index (κ1) is 36.6. The monoisotopic (exact) mass is 660 g/mol. The number of unbranched alkanes of at least 4 members (excludes halogenated alkanes) is 2. The van der Waals surface area contributed by atoms with Crippen LogP contribution in [-0.4, -0.2) is 62.8 Å². The molecule has 8 nitrogen and oxygen atoms in total. The summed E-state index contributed by atoms with van der Waals surface area (Å²) in [5, 5.41) is 0. The molecule has 0 unspecified atom stereocenters. The van der Waals surface area contributed by atoms with Crippen molar-refractivity contribution >= 4 is 17.9 Å². The smallest absolute Gasteiger partial charge is 0.432 e. The van der Waals surface area contributed by atoms with Crippen LogP contribution in [0.4, 0.5) is 26.3 Å². The van der Waals surface area contributed by atoms with Gasteiger partial charge in [0.2, 0.25) is 0 Å². The molecule has 0 saturated heterocycles. The molecule has 0 aromatic heterocycles. The van der Waals surface area contributed by atoms with Crippen molar-refractivity contribution in [3.8, 4) is 0 Å². The summed E-state index contributed by atoms with van der Waals surface area (Å²) >= 11 is 0. The van der Waals surface area contributed by atoms with Gasteiger partial charge in [0.15, 0.2) is 6.10 Å². The number of cyclic esters (lactones) is 1. The van der Waals surface area contributed by atoms with Gasteiger partial charge in [-0.1, -0.05) is 67.1 Å². The normalized spacial score (nSPS) is 19.0. The molecule has 0 bridgehead atoms. The number of benzene rings is 2. The largest absolute Gasteiger partial charge is 0.460 e. The van der Waals surface area contributed by atoms with Crippen LogP contribution in [0.1, 0.15) is 50.2 Å². The zero-order valence-corrected chi connectivity index (χ0v) is 25.2. The van der Waals surface area contributed by atoms with Gasteiger partial charge in [-0.2, -0.15) is 26.3 Å². The topological polar surface area (TPSA) is 97.4 Å². The number of hydrogen-bond acceptors (Lipinski definition) is 8. The van der Waals surface area contributed by atoms with E-state index in [1.165, 1.54) is 49.4 Å². The van der Waals surface area contributed by atoms with Crippen molar-refractivity contribution < 1.29 is 64.4 Å². The van der Waals surface area contributed by atoms with E-state index >= 15 is 0 Å².